The maximum atomic E-state index is 12.7. The van der Waals surface area contributed by atoms with Crippen molar-refractivity contribution in [2.75, 3.05) is 31.0 Å². The number of nitrogens with one attached hydrogen (secondary N) is 2. The molecule has 2 N–H and O–H groups in total. The van der Waals surface area contributed by atoms with Gasteiger partial charge in [-0.3, -0.25) is 0 Å². The van der Waals surface area contributed by atoms with Crippen LogP contribution in [-0.2, 0) is 14.0 Å². The highest BCUT2D eigenvalue weighted by molar-refractivity contribution is 6.63. The minimum Gasteiger partial charge on any atom is -0.465 e. The highest BCUT2D eigenvalue weighted by Gasteiger charge is 2.37. The minimum absolute atomic E-state index is 0.0200. The summed E-state index contributed by atoms with van der Waals surface area (Å²) >= 11 is 0. The van der Waals surface area contributed by atoms with Crippen molar-refractivity contribution in [1.29, 1.82) is 5.26 Å². The van der Waals surface area contributed by atoms with Crippen molar-refractivity contribution in [3.63, 3.8) is 0 Å². The second kappa shape index (κ2) is 10.2. The van der Waals surface area contributed by atoms with E-state index in [0.717, 1.165) is 30.4 Å². The van der Waals surface area contributed by atoms with E-state index in [-0.39, 0.29) is 17.4 Å². The average molecular weight is 477 g/mol. The number of carbonyl (C=O) groups excluding carboxylic acids is 1. The molecule has 35 heavy (non-hydrogen) atoms. The number of nitrogens with zero attached hydrogens (tertiary/aromatic N) is 3. The van der Waals surface area contributed by atoms with Crippen LogP contribution in [0.4, 0.5) is 17.5 Å². The maximum absolute atomic E-state index is 12.7. The second-order valence-corrected chi connectivity index (χ2v) is 10.1. The largest absolute Gasteiger partial charge is 0.495 e. The summed E-state index contributed by atoms with van der Waals surface area (Å²) in [4.78, 5) is 21.7. The van der Waals surface area contributed by atoms with Crippen LogP contribution in [0, 0.1) is 36.5 Å². The fourth-order valence-electron chi connectivity index (χ4n) is 4.56. The average Bonchev–Trinajstić information content (AvgIpc) is 3.28. The summed E-state index contributed by atoms with van der Waals surface area (Å²) in [5.41, 5.74) is 3.32. The van der Waals surface area contributed by atoms with Crippen molar-refractivity contribution in [3.05, 3.63) is 35.0 Å². The molecule has 2 heterocycles. The number of rotatable bonds is 6. The van der Waals surface area contributed by atoms with Gasteiger partial charge in [-0.1, -0.05) is 13.8 Å². The molecule has 0 unspecified atom stereocenters. The second-order valence-electron chi connectivity index (χ2n) is 10.1. The van der Waals surface area contributed by atoms with Gasteiger partial charge in [0, 0.05) is 42.1 Å². The van der Waals surface area contributed by atoms with Crippen LogP contribution in [0.5, 0.6) is 0 Å². The van der Waals surface area contributed by atoms with Crippen molar-refractivity contribution in [2.45, 2.75) is 53.0 Å². The molecule has 0 amide bonds. The number of hydrogen-bond acceptors (Lipinski definition) is 9. The van der Waals surface area contributed by atoms with Gasteiger partial charge in [-0.25, -0.2) is 9.78 Å². The fourth-order valence-corrected chi connectivity index (χ4v) is 4.56. The lowest BCUT2D eigenvalue weighted by molar-refractivity contribution is 0.0339. The zero-order chi connectivity index (χ0) is 25.2. The van der Waals surface area contributed by atoms with Crippen molar-refractivity contribution in [1.82, 2.24) is 9.97 Å². The molecule has 0 bridgehead atoms. The number of hydrogen-bond donors (Lipinski definition) is 2. The molecule has 184 valence electrons. The third-order valence-corrected chi connectivity index (χ3v) is 6.51. The predicted octanol–water partition coefficient (Wildman–Crippen LogP) is 3.50. The molecule has 2 fully saturated rings. The zero-order valence-electron chi connectivity index (χ0n) is 21.0. The Bertz CT molecular complexity index is 1140. The summed E-state index contributed by atoms with van der Waals surface area (Å²) in [6.45, 7) is 9.04. The normalized spacial score (nSPS) is 21.3. The molecule has 1 saturated carbocycles. The van der Waals surface area contributed by atoms with Crippen LogP contribution in [0.1, 0.15) is 54.6 Å². The number of aromatic nitrogens is 2. The van der Waals surface area contributed by atoms with Crippen molar-refractivity contribution >= 4 is 36.0 Å². The third kappa shape index (κ3) is 5.58. The molecule has 0 radical (unpaired) electrons. The Balaban J connectivity index is 1.59. The van der Waals surface area contributed by atoms with Gasteiger partial charge in [0.05, 0.1) is 24.7 Å². The summed E-state index contributed by atoms with van der Waals surface area (Å²) in [5.74, 6) is 0.593. The number of anilines is 3. The van der Waals surface area contributed by atoms with E-state index in [1.807, 2.05) is 19.9 Å². The summed E-state index contributed by atoms with van der Waals surface area (Å²) < 4.78 is 17.0. The Morgan fingerprint density at radius 3 is 2.66 bits per heavy atom. The number of nitriles is 1. The number of ether oxygens (including phenoxy) is 1. The summed E-state index contributed by atoms with van der Waals surface area (Å²) in [7, 11) is 0.711. The van der Waals surface area contributed by atoms with Crippen molar-refractivity contribution in [2.24, 2.45) is 11.3 Å². The Morgan fingerprint density at radius 2 is 1.97 bits per heavy atom. The first-order valence-electron chi connectivity index (χ1n) is 11.9. The Labute approximate surface area is 206 Å². The standard InChI is InChI=1S/C25H32BN5O4/c1-15-9-18(10-19(23(32)33-5)21(15)26-34-13-25(3,4)14-35-26)29-24-28-12-16(2)22(31-24)30-20-8-6-7-17(20)11-27/h9-10,12,17,20H,6-8,13-14H2,1-5H3,(H2,28,29,30,31)/t17-,20+/m1/s1. The van der Waals surface area contributed by atoms with Crippen LogP contribution in [0.2, 0.25) is 0 Å². The van der Waals surface area contributed by atoms with E-state index in [1.54, 1.807) is 12.3 Å². The molecule has 2 atom stereocenters. The van der Waals surface area contributed by atoms with Gasteiger partial charge in [0.1, 0.15) is 5.82 Å². The molecule has 1 aromatic heterocycles. The summed E-state index contributed by atoms with van der Waals surface area (Å²) in [5, 5.41) is 16.0. The lowest BCUT2D eigenvalue weighted by atomic mass is 9.71. The molecule has 1 aliphatic carbocycles. The van der Waals surface area contributed by atoms with Gasteiger partial charge in [-0.05, 0) is 56.3 Å². The smallest absolute Gasteiger partial charge is 0.465 e. The molecule has 1 aromatic carbocycles. The van der Waals surface area contributed by atoms with Gasteiger partial charge in [0.2, 0.25) is 5.95 Å². The molecule has 0 spiro atoms. The lowest BCUT2D eigenvalue weighted by Crippen LogP contribution is -2.50. The quantitative estimate of drug-likeness (QED) is 0.476. The molecule has 4 rings (SSSR count). The highest BCUT2D eigenvalue weighted by atomic mass is 16.6. The van der Waals surface area contributed by atoms with E-state index >= 15 is 0 Å². The van der Waals surface area contributed by atoms with E-state index < -0.39 is 13.1 Å². The minimum atomic E-state index is -0.642. The van der Waals surface area contributed by atoms with Crippen molar-refractivity contribution < 1.29 is 18.8 Å². The van der Waals surface area contributed by atoms with E-state index in [1.165, 1.54) is 7.11 Å². The highest BCUT2D eigenvalue weighted by Crippen LogP contribution is 2.29. The first-order valence-corrected chi connectivity index (χ1v) is 11.9. The fraction of sp³-hybridized carbons (Fsp3) is 0.520. The number of carbonyl (C=O) groups is 1. The van der Waals surface area contributed by atoms with Gasteiger partial charge in [0.15, 0.2) is 0 Å². The first kappa shape index (κ1) is 25.0. The van der Waals surface area contributed by atoms with Crippen molar-refractivity contribution in [3.8, 4) is 6.07 Å². The van der Waals surface area contributed by atoms with Crippen LogP contribution in [0.3, 0.4) is 0 Å². The number of benzene rings is 1. The molecule has 1 aliphatic heterocycles. The van der Waals surface area contributed by atoms with Crippen LogP contribution >= 0.6 is 0 Å². The van der Waals surface area contributed by atoms with Gasteiger partial charge < -0.3 is 24.7 Å². The number of esters is 1. The molecular weight excluding hydrogens is 445 g/mol. The Hall–Kier alpha value is -3.16. The predicted molar refractivity (Wildman–Crippen MR) is 134 cm³/mol. The topological polar surface area (TPSA) is 118 Å². The van der Waals surface area contributed by atoms with E-state index in [0.29, 0.717) is 41.7 Å². The third-order valence-electron chi connectivity index (χ3n) is 6.51. The molecule has 2 aliphatic rings. The van der Waals surface area contributed by atoms with Gasteiger partial charge in [-0.15, -0.1) is 0 Å². The first-order chi connectivity index (χ1) is 16.7. The Kier molecular flexibility index (Phi) is 7.29. The van der Waals surface area contributed by atoms with Gasteiger partial charge in [0.25, 0.3) is 0 Å². The Morgan fingerprint density at radius 1 is 1.23 bits per heavy atom. The van der Waals surface area contributed by atoms with Gasteiger partial charge in [-0.2, -0.15) is 10.2 Å². The molecule has 2 aromatic rings. The van der Waals surface area contributed by atoms with E-state index in [9.17, 15) is 10.1 Å². The van der Waals surface area contributed by atoms with Gasteiger partial charge >= 0.3 is 13.1 Å². The van der Waals surface area contributed by atoms with Crippen LogP contribution in [0.25, 0.3) is 0 Å². The SMILES string of the molecule is COC(=O)c1cc(Nc2ncc(C)c(N[C@H]3CCC[C@@H]3C#N)n2)cc(C)c1B1OCC(C)(C)CO1. The van der Waals surface area contributed by atoms with Crippen LogP contribution < -0.4 is 16.1 Å². The summed E-state index contributed by atoms with van der Waals surface area (Å²) in [6.07, 6.45) is 4.61. The van der Waals surface area contributed by atoms with Crippen LogP contribution in [0.15, 0.2) is 18.3 Å². The lowest BCUT2D eigenvalue weighted by Gasteiger charge is -2.34. The number of methoxy groups -OCH3 is 1. The van der Waals surface area contributed by atoms with E-state index in [4.69, 9.17) is 14.0 Å². The molecule has 10 heteroatoms. The maximum Gasteiger partial charge on any atom is 0.495 e. The van der Waals surface area contributed by atoms with E-state index in [2.05, 4.69) is 40.5 Å². The zero-order valence-corrected chi connectivity index (χ0v) is 21.0. The molecular formula is C25H32BN5O4. The summed E-state index contributed by atoms with van der Waals surface area (Å²) in [6, 6.07) is 6.08. The molecule has 1 saturated heterocycles. The number of aryl methyl sites for hydroxylation is 2. The molecule has 9 nitrogen and oxygen atoms in total. The van der Waals surface area contributed by atoms with Crippen LogP contribution in [-0.4, -0.2) is 49.4 Å². The monoisotopic (exact) mass is 477 g/mol.